The van der Waals surface area contributed by atoms with Crippen LogP contribution in [0.15, 0.2) is 30.0 Å². The molecule has 1 aliphatic heterocycles. The van der Waals surface area contributed by atoms with E-state index in [1.165, 1.54) is 16.6 Å². The number of ether oxygens (including phenoxy) is 1. The SMILES string of the molecule is COc1ccc2[nH]c(C)c(CCN3CC=C(NC(C)=O)CC3)c2c1. The van der Waals surface area contributed by atoms with E-state index in [1.807, 2.05) is 6.07 Å². The van der Waals surface area contributed by atoms with Gasteiger partial charge in [-0.1, -0.05) is 6.08 Å². The van der Waals surface area contributed by atoms with Crippen LogP contribution in [0.1, 0.15) is 24.6 Å². The number of rotatable bonds is 5. The third-order valence-corrected chi connectivity index (χ3v) is 4.63. The molecule has 0 fully saturated rings. The van der Waals surface area contributed by atoms with Gasteiger partial charge in [0.2, 0.25) is 5.91 Å². The second kappa shape index (κ2) is 7.09. The van der Waals surface area contributed by atoms with E-state index >= 15 is 0 Å². The summed E-state index contributed by atoms with van der Waals surface area (Å²) in [6, 6.07) is 6.17. The number of carbonyl (C=O) groups excluding carboxylic acids is 1. The Morgan fingerprint density at radius 1 is 1.42 bits per heavy atom. The van der Waals surface area contributed by atoms with Gasteiger partial charge in [-0.2, -0.15) is 0 Å². The molecule has 0 saturated carbocycles. The van der Waals surface area contributed by atoms with E-state index in [4.69, 9.17) is 4.74 Å². The summed E-state index contributed by atoms with van der Waals surface area (Å²) < 4.78 is 5.36. The second-order valence-corrected chi connectivity index (χ2v) is 6.35. The molecule has 0 aliphatic carbocycles. The molecule has 0 bridgehead atoms. The Morgan fingerprint density at radius 3 is 2.92 bits per heavy atom. The molecule has 0 spiro atoms. The van der Waals surface area contributed by atoms with E-state index in [0.717, 1.165) is 49.4 Å². The summed E-state index contributed by atoms with van der Waals surface area (Å²) in [7, 11) is 1.70. The van der Waals surface area contributed by atoms with Crippen LogP contribution in [0.25, 0.3) is 10.9 Å². The maximum absolute atomic E-state index is 11.1. The van der Waals surface area contributed by atoms with Crippen molar-refractivity contribution in [3.8, 4) is 5.75 Å². The molecule has 1 aromatic carbocycles. The number of carbonyl (C=O) groups is 1. The fourth-order valence-corrected chi connectivity index (χ4v) is 3.33. The maximum Gasteiger partial charge on any atom is 0.220 e. The number of benzene rings is 1. The highest BCUT2D eigenvalue weighted by Gasteiger charge is 2.15. The zero-order valence-electron chi connectivity index (χ0n) is 14.6. The van der Waals surface area contributed by atoms with Crippen molar-refractivity contribution in [3.63, 3.8) is 0 Å². The number of amides is 1. The highest BCUT2D eigenvalue weighted by atomic mass is 16.5. The predicted molar refractivity (Wildman–Crippen MR) is 96.2 cm³/mol. The van der Waals surface area contributed by atoms with Crippen molar-refractivity contribution in [1.82, 2.24) is 15.2 Å². The van der Waals surface area contributed by atoms with Crippen molar-refractivity contribution in [2.75, 3.05) is 26.7 Å². The quantitative estimate of drug-likeness (QED) is 0.888. The van der Waals surface area contributed by atoms with Gasteiger partial charge in [0.1, 0.15) is 5.75 Å². The highest BCUT2D eigenvalue weighted by molar-refractivity contribution is 5.86. The monoisotopic (exact) mass is 327 g/mol. The molecule has 2 heterocycles. The molecule has 3 rings (SSSR count). The number of hydrogen-bond donors (Lipinski definition) is 2. The van der Waals surface area contributed by atoms with E-state index in [1.54, 1.807) is 14.0 Å². The Morgan fingerprint density at radius 2 is 2.25 bits per heavy atom. The Balaban J connectivity index is 1.67. The second-order valence-electron chi connectivity index (χ2n) is 6.35. The predicted octanol–water partition coefficient (Wildman–Crippen LogP) is 2.75. The topological polar surface area (TPSA) is 57.4 Å². The van der Waals surface area contributed by atoms with Crippen molar-refractivity contribution in [3.05, 3.63) is 41.2 Å². The lowest BCUT2D eigenvalue weighted by Crippen LogP contribution is -2.34. The Labute approximate surface area is 142 Å². The molecule has 128 valence electrons. The minimum absolute atomic E-state index is 0.0121. The van der Waals surface area contributed by atoms with Crippen LogP contribution in [0, 0.1) is 6.92 Å². The fourth-order valence-electron chi connectivity index (χ4n) is 3.33. The smallest absolute Gasteiger partial charge is 0.220 e. The molecule has 2 aromatic rings. The number of nitrogens with zero attached hydrogens (tertiary/aromatic N) is 1. The first-order valence-electron chi connectivity index (χ1n) is 8.41. The van der Waals surface area contributed by atoms with Crippen LogP contribution >= 0.6 is 0 Å². The molecule has 24 heavy (non-hydrogen) atoms. The highest BCUT2D eigenvalue weighted by Crippen LogP contribution is 2.27. The molecule has 5 heteroatoms. The summed E-state index contributed by atoms with van der Waals surface area (Å²) in [6.45, 7) is 6.57. The lowest BCUT2D eigenvalue weighted by atomic mass is 10.1. The van der Waals surface area contributed by atoms with Gasteiger partial charge in [0.05, 0.1) is 7.11 Å². The van der Waals surface area contributed by atoms with Crippen LogP contribution in [0.4, 0.5) is 0 Å². The average Bonchev–Trinajstić information content (AvgIpc) is 2.88. The zero-order valence-corrected chi connectivity index (χ0v) is 14.6. The van der Waals surface area contributed by atoms with Crippen molar-refractivity contribution >= 4 is 16.8 Å². The molecule has 2 N–H and O–H groups in total. The van der Waals surface area contributed by atoms with Crippen molar-refractivity contribution in [2.24, 2.45) is 0 Å². The Hall–Kier alpha value is -2.27. The number of hydrogen-bond acceptors (Lipinski definition) is 3. The van der Waals surface area contributed by atoms with Crippen molar-refractivity contribution in [2.45, 2.75) is 26.7 Å². The maximum atomic E-state index is 11.1. The molecule has 1 amide bonds. The van der Waals surface area contributed by atoms with Crippen LogP contribution in [0.3, 0.4) is 0 Å². The summed E-state index contributed by atoms with van der Waals surface area (Å²) in [6.07, 6.45) is 4.03. The van der Waals surface area contributed by atoms with Crippen LogP contribution in [0.2, 0.25) is 0 Å². The van der Waals surface area contributed by atoms with E-state index < -0.39 is 0 Å². The largest absolute Gasteiger partial charge is 0.497 e. The van der Waals surface area contributed by atoms with Crippen LogP contribution in [0.5, 0.6) is 5.75 Å². The molecule has 0 atom stereocenters. The standard InChI is InChI=1S/C19H25N3O2/c1-13-17(18-12-16(24-3)4-5-19(18)20-13)8-11-22-9-6-15(7-10-22)21-14(2)23/h4-6,12,20H,7-11H2,1-3H3,(H,21,23). The summed E-state index contributed by atoms with van der Waals surface area (Å²) in [5.74, 6) is 0.904. The van der Waals surface area contributed by atoms with E-state index in [-0.39, 0.29) is 5.91 Å². The molecule has 1 aromatic heterocycles. The van der Waals surface area contributed by atoms with Crippen LogP contribution in [-0.2, 0) is 11.2 Å². The minimum Gasteiger partial charge on any atom is -0.497 e. The van der Waals surface area contributed by atoms with Gasteiger partial charge in [0.15, 0.2) is 0 Å². The Kier molecular flexibility index (Phi) is 4.90. The van der Waals surface area contributed by atoms with Gasteiger partial charge in [-0.15, -0.1) is 0 Å². The number of methoxy groups -OCH3 is 1. The fraction of sp³-hybridized carbons (Fsp3) is 0.421. The first kappa shape index (κ1) is 16.6. The van der Waals surface area contributed by atoms with E-state index in [2.05, 4.69) is 40.3 Å². The first-order valence-corrected chi connectivity index (χ1v) is 8.41. The Bertz CT molecular complexity index is 776. The normalized spacial score (nSPS) is 15.4. The molecular weight excluding hydrogens is 302 g/mol. The van der Waals surface area contributed by atoms with Gasteiger partial charge in [-0.05, 0) is 37.1 Å². The van der Waals surface area contributed by atoms with Crippen molar-refractivity contribution < 1.29 is 9.53 Å². The number of H-pyrrole nitrogens is 1. The van der Waals surface area contributed by atoms with E-state index in [9.17, 15) is 4.79 Å². The van der Waals surface area contributed by atoms with Gasteiger partial charge in [-0.25, -0.2) is 0 Å². The first-order chi connectivity index (χ1) is 11.6. The summed E-state index contributed by atoms with van der Waals surface area (Å²) in [5, 5.41) is 4.14. The van der Waals surface area contributed by atoms with Gasteiger partial charge < -0.3 is 15.0 Å². The number of fused-ring (bicyclic) bond motifs is 1. The van der Waals surface area contributed by atoms with Crippen LogP contribution < -0.4 is 10.1 Å². The third-order valence-electron chi connectivity index (χ3n) is 4.63. The van der Waals surface area contributed by atoms with Gasteiger partial charge in [0, 0.05) is 55.3 Å². The molecule has 1 aliphatic rings. The van der Waals surface area contributed by atoms with Gasteiger partial charge >= 0.3 is 0 Å². The summed E-state index contributed by atoms with van der Waals surface area (Å²) >= 11 is 0. The molecular formula is C19H25N3O2. The molecule has 0 radical (unpaired) electrons. The number of aryl methyl sites for hydroxylation is 1. The van der Waals surface area contributed by atoms with Crippen LogP contribution in [-0.4, -0.2) is 42.5 Å². The van der Waals surface area contributed by atoms with Gasteiger partial charge in [-0.3, -0.25) is 9.69 Å². The minimum atomic E-state index is 0.0121. The molecule has 0 saturated heterocycles. The summed E-state index contributed by atoms with van der Waals surface area (Å²) in [4.78, 5) is 17.0. The third kappa shape index (κ3) is 3.62. The molecule has 5 nitrogen and oxygen atoms in total. The number of nitrogens with one attached hydrogen (secondary N) is 2. The van der Waals surface area contributed by atoms with Gasteiger partial charge in [0.25, 0.3) is 0 Å². The van der Waals surface area contributed by atoms with E-state index in [0.29, 0.717) is 0 Å². The zero-order chi connectivity index (χ0) is 17.1. The number of aromatic nitrogens is 1. The lowest BCUT2D eigenvalue weighted by Gasteiger charge is -2.26. The lowest BCUT2D eigenvalue weighted by molar-refractivity contribution is -0.118. The summed E-state index contributed by atoms with van der Waals surface area (Å²) in [5.41, 5.74) is 4.80. The molecule has 0 unspecified atom stereocenters. The van der Waals surface area contributed by atoms with Crippen molar-refractivity contribution in [1.29, 1.82) is 0 Å². The average molecular weight is 327 g/mol. The number of aromatic amines is 1.